The Bertz CT molecular complexity index is 389. The minimum Gasteiger partial charge on any atom is -0.465 e. The Kier molecular flexibility index (Phi) is 4.77. The summed E-state index contributed by atoms with van der Waals surface area (Å²) in [5.74, 6) is 0.231. The van der Waals surface area contributed by atoms with E-state index in [0.717, 1.165) is 0 Å². The van der Waals surface area contributed by atoms with Crippen LogP contribution in [0.4, 0.5) is 11.6 Å². The number of esters is 1. The number of nitrogens with two attached hydrogens (primary N) is 1. The molecule has 1 aromatic heterocycles. The lowest BCUT2D eigenvalue weighted by Gasteiger charge is -2.04. The summed E-state index contributed by atoms with van der Waals surface area (Å²) in [5, 5.41) is 7.18. The molecular formula is C10H18N4O3. The molecule has 1 rings (SSSR count). The number of nitrogen functional groups attached to an aromatic ring is 1. The van der Waals surface area contributed by atoms with Gasteiger partial charge < -0.3 is 20.5 Å². The highest BCUT2D eigenvalue weighted by molar-refractivity contribution is 5.99. The molecule has 7 nitrogen and oxygen atoms in total. The molecule has 0 aliphatic heterocycles. The van der Waals surface area contributed by atoms with Crippen molar-refractivity contribution in [1.82, 2.24) is 9.78 Å². The molecule has 0 atom stereocenters. The number of nitrogens with zero attached hydrogens (tertiary/aromatic N) is 2. The van der Waals surface area contributed by atoms with Gasteiger partial charge in [0.25, 0.3) is 0 Å². The summed E-state index contributed by atoms with van der Waals surface area (Å²) in [6, 6.07) is 0. The van der Waals surface area contributed by atoms with Gasteiger partial charge in [-0.3, -0.25) is 0 Å². The second-order valence-electron chi connectivity index (χ2n) is 3.34. The second-order valence-corrected chi connectivity index (χ2v) is 3.34. The molecule has 0 saturated heterocycles. The molecule has 0 unspecified atom stereocenters. The average molecular weight is 242 g/mol. The molecule has 7 heteroatoms. The van der Waals surface area contributed by atoms with Crippen LogP contribution in [-0.2, 0) is 16.0 Å². The summed E-state index contributed by atoms with van der Waals surface area (Å²) < 4.78 is 11.1. The number of aryl methyl sites for hydroxylation is 1. The van der Waals surface area contributed by atoms with Gasteiger partial charge in [-0.1, -0.05) is 0 Å². The summed E-state index contributed by atoms with van der Waals surface area (Å²) in [5.41, 5.74) is 6.09. The summed E-state index contributed by atoms with van der Waals surface area (Å²) >= 11 is 0. The zero-order chi connectivity index (χ0) is 12.8. The first-order valence-electron chi connectivity index (χ1n) is 5.33. The van der Waals surface area contributed by atoms with E-state index in [0.29, 0.717) is 31.3 Å². The standard InChI is InChI=1S/C10H18N4O3/c1-4-14-8(11)7(10(15)17-3)9(13-14)12-5-6-16-2/h4-6,11H2,1-3H3,(H,12,13). The number of carbonyl (C=O) groups is 1. The second kappa shape index (κ2) is 6.09. The van der Waals surface area contributed by atoms with E-state index in [9.17, 15) is 4.79 Å². The van der Waals surface area contributed by atoms with E-state index in [1.807, 2.05) is 6.92 Å². The Hall–Kier alpha value is -1.76. The third-order valence-electron chi connectivity index (χ3n) is 2.28. The lowest BCUT2D eigenvalue weighted by molar-refractivity contribution is 0.0603. The van der Waals surface area contributed by atoms with Crippen LogP contribution in [0.2, 0.25) is 0 Å². The zero-order valence-corrected chi connectivity index (χ0v) is 10.3. The number of nitrogens with one attached hydrogen (secondary N) is 1. The lowest BCUT2D eigenvalue weighted by Crippen LogP contribution is -2.12. The van der Waals surface area contributed by atoms with Gasteiger partial charge in [0.2, 0.25) is 0 Å². The fraction of sp³-hybridized carbons (Fsp3) is 0.600. The molecule has 0 aliphatic carbocycles. The maximum absolute atomic E-state index is 11.6. The number of aromatic nitrogens is 2. The van der Waals surface area contributed by atoms with Gasteiger partial charge in [0.1, 0.15) is 11.4 Å². The summed E-state index contributed by atoms with van der Waals surface area (Å²) in [6.45, 7) is 3.53. The van der Waals surface area contributed by atoms with Gasteiger partial charge in [-0.2, -0.15) is 5.10 Å². The minimum atomic E-state index is -0.498. The third kappa shape index (κ3) is 2.88. The monoisotopic (exact) mass is 242 g/mol. The maximum Gasteiger partial charge on any atom is 0.345 e. The fourth-order valence-electron chi connectivity index (χ4n) is 1.41. The Morgan fingerprint density at radius 3 is 2.76 bits per heavy atom. The van der Waals surface area contributed by atoms with Crippen molar-refractivity contribution in [2.75, 3.05) is 38.4 Å². The van der Waals surface area contributed by atoms with Crippen LogP contribution in [0.1, 0.15) is 17.3 Å². The molecule has 3 N–H and O–H groups in total. The Morgan fingerprint density at radius 1 is 1.53 bits per heavy atom. The maximum atomic E-state index is 11.6. The van der Waals surface area contributed by atoms with E-state index >= 15 is 0 Å². The van der Waals surface area contributed by atoms with E-state index in [-0.39, 0.29) is 5.56 Å². The third-order valence-corrected chi connectivity index (χ3v) is 2.28. The van der Waals surface area contributed by atoms with Gasteiger partial charge in [0.15, 0.2) is 5.82 Å². The SMILES string of the molecule is CCn1nc(NCCOC)c(C(=O)OC)c1N. The number of ether oxygens (including phenoxy) is 2. The first-order chi connectivity index (χ1) is 8.15. The van der Waals surface area contributed by atoms with Crippen molar-refractivity contribution in [3.05, 3.63) is 5.56 Å². The zero-order valence-electron chi connectivity index (χ0n) is 10.3. The van der Waals surface area contributed by atoms with Crippen LogP contribution in [-0.4, -0.2) is 43.1 Å². The van der Waals surface area contributed by atoms with E-state index in [4.69, 9.17) is 10.5 Å². The Balaban J connectivity index is 2.97. The predicted octanol–water partition coefficient (Wildman–Crippen LogP) is 0.330. The van der Waals surface area contributed by atoms with E-state index in [1.165, 1.54) is 7.11 Å². The van der Waals surface area contributed by atoms with Gasteiger partial charge >= 0.3 is 5.97 Å². The smallest absolute Gasteiger partial charge is 0.345 e. The van der Waals surface area contributed by atoms with Crippen LogP contribution in [0, 0.1) is 0 Å². The number of methoxy groups -OCH3 is 2. The van der Waals surface area contributed by atoms with Gasteiger partial charge in [0, 0.05) is 20.2 Å². The van der Waals surface area contributed by atoms with Crippen LogP contribution in [0.3, 0.4) is 0 Å². The van der Waals surface area contributed by atoms with Crippen molar-refractivity contribution < 1.29 is 14.3 Å². The Morgan fingerprint density at radius 2 is 2.24 bits per heavy atom. The highest BCUT2D eigenvalue weighted by Gasteiger charge is 2.22. The molecule has 0 saturated carbocycles. The Labute approximate surface area is 99.9 Å². The van der Waals surface area contributed by atoms with Gasteiger partial charge in [-0.25, -0.2) is 9.48 Å². The minimum absolute atomic E-state index is 0.269. The molecule has 0 spiro atoms. The molecular weight excluding hydrogens is 224 g/mol. The number of hydrogen-bond donors (Lipinski definition) is 2. The van der Waals surface area contributed by atoms with Crippen molar-refractivity contribution >= 4 is 17.6 Å². The molecule has 0 radical (unpaired) electrons. The molecule has 1 heterocycles. The van der Waals surface area contributed by atoms with Crippen LogP contribution in [0.15, 0.2) is 0 Å². The molecule has 0 amide bonds. The van der Waals surface area contributed by atoms with Crippen LogP contribution in [0.25, 0.3) is 0 Å². The summed E-state index contributed by atoms with van der Waals surface area (Å²) in [6.07, 6.45) is 0. The molecule has 1 aromatic rings. The number of anilines is 2. The van der Waals surface area contributed by atoms with Crippen molar-refractivity contribution in [3.8, 4) is 0 Å². The topological polar surface area (TPSA) is 91.4 Å². The fourth-order valence-corrected chi connectivity index (χ4v) is 1.41. The van der Waals surface area contributed by atoms with Gasteiger partial charge in [-0.05, 0) is 6.92 Å². The number of carbonyl (C=O) groups excluding carboxylic acids is 1. The van der Waals surface area contributed by atoms with Crippen LogP contribution in [0.5, 0.6) is 0 Å². The molecule has 0 bridgehead atoms. The summed E-state index contributed by atoms with van der Waals surface area (Å²) in [7, 11) is 2.91. The van der Waals surface area contributed by atoms with Crippen molar-refractivity contribution in [2.24, 2.45) is 0 Å². The largest absolute Gasteiger partial charge is 0.465 e. The van der Waals surface area contributed by atoms with E-state index in [1.54, 1.807) is 11.8 Å². The van der Waals surface area contributed by atoms with Gasteiger partial charge in [0.05, 0.1) is 13.7 Å². The molecule has 0 aromatic carbocycles. The normalized spacial score (nSPS) is 10.3. The van der Waals surface area contributed by atoms with Crippen molar-refractivity contribution in [3.63, 3.8) is 0 Å². The number of hydrogen-bond acceptors (Lipinski definition) is 6. The van der Waals surface area contributed by atoms with Crippen molar-refractivity contribution in [2.45, 2.75) is 13.5 Å². The molecule has 0 fully saturated rings. The van der Waals surface area contributed by atoms with Gasteiger partial charge in [-0.15, -0.1) is 0 Å². The van der Waals surface area contributed by atoms with E-state index in [2.05, 4.69) is 15.2 Å². The first kappa shape index (κ1) is 13.3. The lowest BCUT2D eigenvalue weighted by atomic mass is 10.3. The van der Waals surface area contributed by atoms with Crippen molar-refractivity contribution in [1.29, 1.82) is 0 Å². The van der Waals surface area contributed by atoms with Crippen LogP contribution >= 0.6 is 0 Å². The summed E-state index contributed by atoms with van der Waals surface area (Å²) in [4.78, 5) is 11.6. The molecule has 0 aliphatic rings. The molecule has 17 heavy (non-hydrogen) atoms. The highest BCUT2D eigenvalue weighted by atomic mass is 16.5. The quantitative estimate of drug-likeness (QED) is 0.551. The first-order valence-corrected chi connectivity index (χ1v) is 5.33. The highest BCUT2D eigenvalue weighted by Crippen LogP contribution is 2.22. The van der Waals surface area contributed by atoms with Crippen LogP contribution < -0.4 is 11.1 Å². The predicted molar refractivity (Wildman–Crippen MR) is 64.0 cm³/mol. The average Bonchev–Trinajstić information content (AvgIpc) is 2.65. The van der Waals surface area contributed by atoms with E-state index < -0.39 is 5.97 Å². The molecule has 96 valence electrons. The number of rotatable bonds is 6.